The lowest BCUT2D eigenvalue weighted by molar-refractivity contribution is 0.305. The molecule has 1 aromatic carbocycles. The highest BCUT2D eigenvalue weighted by molar-refractivity contribution is 5.55. The molecule has 0 aliphatic rings. The molecule has 2 rings (SSSR count). The van der Waals surface area contributed by atoms with Gasteiger partial charge in [-0.15, -0.1) is 0 Å². The molecule has 0 amide bonds. The van der Waals surface area contributed by atoms with Gasteiger partial charge in [-0.25, -0.2) is 9.97 Å². The third-order valence-electron chi connectivity index (χ3n) is 5.81. The highest BCUT2D eigenvalue weighted by Crippen LogP contribution is 2.20. The molecule has 0 saturated heterocycles. The van der Waals surface area contributed by atoms with Gasteiger partial charge >= 0.3 is 0 Å². The van der Waals surface area contributed by atoms with Crippen LogP contribution >= 0.6 is 0 Å². The van der Waals surface area contributed by atoms with Crippen molar-refractivity contribution in [3.05, 3.63) is 54.4 Å². The lowest BCUT2D eigenvalue weighted by Crippen LogP contribution is -1.97. The second-order valence-electron chi connectivity index (χ2n) is 8.77. The van der Waals surface area contributed by atoms with Gasteiger partial charge in [-0.05, 0) is 68.4 Å². The van der Waals surface area contributed by atoms with Crippen molar-refractivity contribution in [2.24, 2.45) is 0 Å². The molecule has 1 aromatic heterocycles. The summed E-state index contributed by atoms with van der Waals surface area (Å²) in [6.07, 6.45) is 26.2. The maximum atomic E-state index is 5.91. The van der Waals surface area contributed by atoms with Crippen LogP contribution in [0.1, 0.15) is 103 Å². The molecule has 0 N–H and O–H groups in total. The summed E-state index contributed by atoms with van der Waals surface area (Å²) >= 11 is 0. The fraction of sp³-hybridized carbons (Fsp3) is 0.586. The van der Waals surface area contributed by atoms with Crippen LogP contribution in [0.15, 0.2) is 48.8 Å². The Morgan fingerprint density at radius 1 is 0.688 bits per heavy atom. The van der Waals surface area contributed by atoms with Crippen molar-refractivity contribution in [3.8, 4) is 17.1 Å². The minimum atomic E-state index is 0.787. The van der Waals surface area contributed by atoms with E-state index in [1.807, 2.05) is 24.5 Å². The van der Waals surface area contributed by atoms with Crippen molar-refractivity contribution in [2.45, 2.75) is 104 Å². The molecule has 3 nitrogen and oxygen atoms in total. The van der Waals surface area contributed by atoms with Crippen LogP contribution in [0.2, 0.25) is 0 Å². The Labute approximate surface area is 196 Å². The van der Waals surface area contributed by atoms with Gasteiger partial charge in [0.25, 0.3) is 0 Å². The Bertz CT molecular complexity index is 722. The van der Waals surface area contributed by atoms with Gasteiger partial charge in [0, 0.05) is 18.0 Å². The topological polar surface area (TPSA) is 35.0 Å². The Balaban J connectivity index is 1.60. The molecular formula is C29H44N2O. The first-order valence-corrected chi connectivity index (χ1v) is 13.0. The average molecular weight is 437 g/mol. The molecule has 0 fully saturated rings. The van der Waals surface area contributed by atoms with Crippen molar-refractivity contribution in [3.63, 3.8) is 0 Å². The van der Waals surface area contributed by atoms with Crippen molar-refractivity contribution in [2.75, 3.05) is 6.61 Å². The van der Waals surface area contributed by atoms with E-state index in [0.717, 1.165) is 36.6 Å². The molecule has 0 bridgehead atoms. The molecule has 2 aromatic rings. The van der Waals surface area contributed by atoms with Crippen molar-refractivity contribution in [1.82, 2.24) is 9.97 Å². The molecule has 0 aliphatic heterocycles. The van der Waals surface area contributed by atoms with E-state index in [2.05, 4.69) is 48.1 Å². The molecule has 0 radical (unpaired) electrons. The van der Waals surface area contributed by atoms with Gasteiger partial charge in [0.15, 0.2) is 5.82 Å². The van der Waals surface area contributed by atoms with Crippen LogP contribution < -0.4 is 4.74 Å². The number of ether oxygens (including phenoxy) is 1. The number of hydrogen-bond donors (Lipinski definition) is 0. The summed E-state index contributed by atoms with van der Waals surface area (Å²) in [6.45, 7) is 5.28. The first-order valence-electron chi connectivity index (χ1n) is 13.0. The summed E-state index contributed by atoms with van der Waals surface area (Å²) in [5.74, 6) is 1.71. The molecule has 0 unspecified atom stereocenters. The molecule has 32 heavy (non-hydrogen) atoms. The number of hydrogen-bond acceptors (Lipinski definition) is 3. The number of nitrogens with zero attached hydrogens (tertiary/aromatic N) is 2. The number of benzene rings is 1. The summed E-state index contributed by atoms with van der Waals surface area (Å²) in [5, 5.41) is 0. The van der Waals surface area contributed by atoms with Crippen molar-refractivity contribution in [1.29, 1.82) is 0 Å². The quantitative estimate of drug-likeness (QED) is 0.173. The maximum Gasteiger partial charge on any atom is 0.159 e. The molecule has 3 heteroatoms. The van der Waals surface area contributed by atoms with Gasteiger partial charge in [-0.3, -0.25) is 0 Å². The van der Waals surface area contributed by atoms with Crippen LogP contribution in [0.4, 0.5) is 0 Å². The third-order valence-corrected chi connectivity index (χ3v) is 5.81. The highest BCUT2D eigenvalue weighted by atomic mass is 16.5. The van der Waals surface area contributed by atoms with Crippen LogP contribution in [-0.4, -0.2) is 16.6 Å². The number of allylic oxidation sites excluding steroid dienone is 2. The van der Waals surface area contributed by atoms with Gasteiger partial charge in [0.1, 0.15) is 5.75 Å². The lowest BCUT2D eigenvalue weighted by atomic mass is 10.1. The summed E-state index contributed by atoms with van der Waals surface area (Å²) in [6, 6.07) is 8.17. The van der Waals surface area contributed by atoms with E-state index in [9.17, 15) is 0 Å². The molecular weight excluding hydrogens is 392 g/mol. The maximum absolute atomic E-state index is 5.91. The van der Waals surface area contributed by atoms with Gasteiger partial charge < -0.3 is 4.74 Å². The summed E-state index contributed by atoms with van der Waals surface area (Å²) in [7, 11) is 0. The van der Waals surface area contributed by atoms with E-state index in [4.69, 9.17) is 4.74 Å². The van der Waals surface area contributed by atoms with Crippen LogP contribution in [-0.2, 0) is 6.42 Å². The SMILES string of the molecule is CCCC/C=C\CCCCCCOc1ccc(-c2ncc(CCCCCCC)cn2)cc1. The van der Waals surface area contributed by atoms with E-state index in [-0.39, 0.29) is 0 Å². The molecule has 0 saturated carbocycles. The van der Waals surface area contributed by atoms with E-state index >= 15 is 0 Å². The first-order chi connectivity index (χ1) is 15.8. The lowest BCUT2D eigenvalue weighted by Gasteiger charge is -2.07. The van der Waals surface area contributed by atoms with E-state index in [0.29, 0.717) is 0 Å². The van der Waals surface area contributed by atoms with Crippen LogP contribution in [0.5, 0.6) is 5.75 Å². The zero-order valence-corrected chi connectivity index (χ0v) is 20.5. The van der Waals surface area contributed by atoms with E-state index in [1.54, 1.807) is 0 Å². The molecule has 0 atom stereocenters. The van der Waals surface area contributed by atoms with E-state index in [1.165, 1.54) is 82.6 Å². The summed E-state index contributed by atoms with van der Waals surface area (Å²) in [5.41, 5.74) is 2.27. The first kappa shape index (κ1) is 26.1. The van der Waals surface area contributed by atoms with Gasteiger partial charge in [-0.1, -0.05) is 77.4 Å². The Hall–Kier alpha value is -2.16. The van der Waals surface area contributed by atoms with Crippen molar-refractivity contribution >= 4 is 0 Å². The second kappa shape index (κ2) is 17.4. The smallest absolute Gasteiger partial charge is 0.159 e. The Morgan fingerprint density at radius 2 is 1.31 bits per heavy atom. The molecule has 176 valence electrons. The summed E-state index contributed by atoms with van der Waals surface area (Å²) < 4.78 is 5.91. The Kier molecular flexibility index (Phi) is 14.2. The monoisotopic (exact) mass is 436 g/mol. The fourth-order valence-corrected chi connectivity index (χ4v) is 3.73. The standard InChI is InChI=1S/C29H44N2O/c1-3-5-7-9-10-11-12-13-15-17-23-32-28-21-19-27(20-22-28)29-30-24-26(25-31-29)18-16-14-8-6-4-2/h9-10,19-22,24-25H,3-8,11-18,23H2,1-2H3/b10-9-. The Morgan fingerprint density at radius 3 is 2.03 bits per heavy atom. The normalized spacial score (nSPS) is 11.3. The van der Waals surface area contributed by atoms with Crippen LogP contribution in [0.25, 0.3) is 11.4 Å². The van der Waals surface area contributed by atoms with Gasteiger partial charge in [-0.2, -0.15) is 0 Å². The minimum Gasteiger partial charge on any atom is -0.494 e. The van der Waals surface area contributed by atoms with E-state index < -0.39 is 0 Å². The minimum absolute atomic E-state index is 0.787. The molecule has 0 spiro atoms. The molecule has 0 aliphatic carbocycles. The fourth-order valence-electron chi connectivity index (χ4n) is 3.73. The summed E-state index contributed by atoms with van der Waals surface area (Å²) in [4.78, 5) is 9.14. The predicted octanol–water partition coefficient (Wildman–Crippen LogP) is 8.73. The van der Waals surface area contributed by atoms with Gasteiger partial charge in [0.05, 0.1) is 6.61 Å². The third kappa shape index (κ3) is 11.5. The number of unbranched alkanes of at least 4 members (excludes halogenated alkanes) is 10. The zero-order chi connectivity index (χ0) is 22.7. The van der Waals surface area contributed by atoms with Crippen LogP contribution in [0.3, 0.4) is 0 Å². The number of aromatic nitrogens is 2. The van der Waals surface area contributed by atoms with Gasteiger partial charge in [0.2, 0.25) is 0 Å². The average Bonchev–Trinajstić information content (AvgIpc) is 2.83. The second-order valence-corrected chi connectivity index (χ2v) is 8.77. The molecule has 1 heterocycles. The largest absolute Gasteiger partial charge is 0.494 e. The van der Waals surface area contributed by atoms with Crippen LogP contribution in [0, 0.1) is 0 Å². The van der Waals surface area contributed by atoms with Crippen molar-refractivity contribution < 1.29 is 4.74 Å². The number of rotatable bonds is 18. The highest BCUT2D eigenvalue weighted by Gasteiger charge is 2.03. The predicted molar refractivity (Wildman–Crippen MR) is 137 cm³/mol. The number of aryl methyl sites for hydroxylation is 1. The zero-order valence-electron chi connectivity index (χ0n) is 20.5.